The highest BCUT2D eigenvalue weighted by atomic mass is 32.1. The maximum Gasteiger partial charge on any atom is 0.0516 e. The van der Waals surface area contributed by atoms with Gasteiger partial charge in [0.05, 0.1) is 6.04 Å². The third-order valence-corrected chi connectivity index (χ3v) is 5.44. The van der Waals surface area contributed by atoms with Gasteiger partial charge in [0, 0.05) is 16.8 Å². The molecule has 2 heterocycles. The van der Waals surface area contributed by atoms with Crippen molar-refractivity contribution < 1.29 is 0 Å². The van der Waals surface area contributed by atoms with Gasteiger partial charge in [0.1, 0.15) is 0 Å². The number of nitrogens with two attached hydrogens (primary N) is 1. The largest absolute Gasteiger partial charge is 0.326 e. The monoisotopic (exact) mass is 288 g/mol. The van der Waals surface area contributed by atoms with Crippen LogP contribution in [0.25, 0.3) is 10.1 Å². The molecule has 3 rings (SSSR count). The molecule has 0 amide bonds. The molecule has 0 bridgehead atoms. The zero-order chi connectivity index (χ0) is 14.1. The molecule has 1 aromatic carbocycles. The van der Waals surface area contributed by atoms with E-state index in [0.717, 1.165) is 6.42 Å². The van der Waals surface area contributed by atoms with Crippen molar-refractivity contribution in [3.63, 3.8) is 0 Å². The molecule has 20 heavy (non-hydrogen) atoms. The molecular weight excluding hydrogens is 264 g/mol. The van der Waals surface area contributed by atoms with Crippen LogP contribution in [-0.2, 0) is 0 Å². The number of hydrogen-bond acceptors (Lipinski definition) is 3. The summed E-state index contributed by atoms with van der Waals surface area (Å²) >= 11 is 1.85. The summed E-state index contributed by atoms with van der Waals surface area (Å²) in [6.45, 7) is 5.75. The predicted octanol–water partition coefficient (Wildman–Crippen LogP) is 4.16. The first-order valence-corrected chi connectivity index (χ1v) is 8.54. The second-order valence-electron chi connectivity index (χ2n) is 6.12. The van der Waals surface area contributed by atoms with E-state index in [1.54, 1.807) is 0 Å². The molecule has 1 saturated heterocycles. The lowest BCUT2D eigenvalue weighted by atomic mass is 9.95. The van der Waals surface area contributed by atoms with Gasteiger partial charge in [-0.3, -0.25) is 4.90 Å². The van der Waals surface area contributed by atoms with Crippen LogP contribution in [0, 0.1) is 0 Å². The summed E-state index contributed by atoms with van der Waals surface area (Å²) in [6.07, 6.45) is 3.66. The summed E-state index contributed by atoms with van der Waals surface area (Å²) in [5.41, 5.74) is 7.99. The smallest absolute Gasteiger partial charge is 0.0516 e. The molecule has 0 radical (unpaired) electrons. The number of rotatable bonds is 2. The fourth-order valence-corrected chi connectivity index (χ4v) is 4.42. The van der Waals surface area contributed by atoms with E-state index in [9.17, 15) is 0 Å². The minimum atomic E-state index is 0.248. The average Bonchev–Trinajstić information content (AvgIpc) is 2.75. The van der Waals surface area contributed by atoms with Gasteiger partial charge in [0.25, 0.3) is 0 Å². The number of hydrogen-bond donors (Lipinski definition) is 1. The van der Waals surface area contributed by atoms with E-state index in [1.165, 1.54) is 35.0 Å². The minimum Gasteiger partial charge on any atom is -0.326 e. The Balaban J connectivity index is 2.07. The van der Waals surface area contributed by atoms with Crippen molar-refractivity contribution in [1.82, 2.24) is 4.90 Å². The lowest BCUT2D eigenvalue weighted by Crippen LogP contribution is -2.43. The van der Waals surface area contributed by atoms with Crippen LogP contribution in [-0.4, -0.2) is 23.5 Å². The molecule has 1 aliphatic rings. The quantitative estimate of drug-likeness (QED) is 0.899. The number of fused-ring (bicyclic) bond motifs is 1. The van der Waals surface area contributed by atoms with Gasteiger partial charge in [-0.15, -0.1) is 11.3 Å². The summed E-state index contributed by atoms with van der Waals surface area (Å²) in [5, 5.41) is 3.72. The van der Waals surface area contributed by atoms with Crippen molar-refractivity contribution >= 4 is 21.4 Å². The molecule has 2 N–H and O–H groups in total. The summed E-state index contributed by atoms with van der Waals surface area (Å²) in [5.74, 6) is 0. The van der Waals surface area contributed by atoms with E-state index < -0.39 is 0 Å². The van der Waals surface area contributed by atoms with Gasteiger partial charge in [-0.1, -0.05) is 24.6 Å². The Hall–Kier alpha value is -0.900. The van der Waals surface area contributed by atoms with Crippen LogP contribution in [0.5, 0.6) is 0 Å². The Kier molecular flexibility index (Phi) is 4.11. The molecular formula is C17H24N2S. The molecule has 0 spiro atoms. The van der Waals surface area contributed by atoms with Crippen molar-refractivity contribution in [1.29, 1.82) is 0 Å². The SMILES string of the molecule is CC(C)N1CCCCC(N)C1c1csc2ccccc12. The van der Waals surface area contributed by atoms with E-state index in [4.69, 9.17) is 5.73 Å². The predicted molar refractivity (Wildman–Crippen MR) is 88.2 cm³/mol. The maximum absolute atomic E-state index is 6.55. The van der Waals surface area contributed by atoms with Gasteiger partial charge in [-0.05, 0) is 55.6 Å². The molecule has 1 aromatic heterocycles. The molecule has 2 unspecified atom stereocenters. The lowest BCUT2D eigenvalue weighted by Gasteiger charge is -2.36. The standard InChI is InChI=1S/C17H24N2S/c1-12(2)19-10-6-5-8-15(18)17(19)14-11-20-16-9-4-3-7-13(14)16/h3-4,7,9,11-12,15,17H,5-6,8,10,18H2,1-2H3. The summed E-state index contributed by atoms with van der Waals surface area (Å²) in [4.78, 5) is 2.60. The van der Waals surface area contributed by atoms with Crippen molar-refractivity contribution in [2.24, 2.45) is 5.73 Å². The molecule has 0 aliphatic carbocycles. The van der Waals surface area contributed by atoms with Gasteiger partial charge in [-0.2, -0.15) is 0 Å². The summed E-state index contributed by atoms with van der Waals surface area (Å²) < 4.78 is 1.38. The van der Waals surface area contributed by atoms with Crippen molar-refractivity contribution in [2.45, 2.75) is 51.2 Å². The molecule has 3 heteroatoms. The zero-order valence-corrected chi connectivity index (χ0v) is 13.2. The Bertz CT molecular complexity index is 575. The number of benzene rings is 1. The fraction of sp³-hybridized carbons (Fsp3) is 0.529. The minimum absolute atomic E-state index is 0.248. The molecule has 1 aliphatic heterocycles. The first-order valence-electron chi connectivity index (χ1n) is 7.66. The molecule has 0 saturated carbocycles. The number of nitrogens with zero attached hydrogens (tertiary/aromatic N) is 1. The van der Waals surface area contributed by atoms with Gasteiger partial charge in [0.2, 0.25) is 0 Å². The van der Waals surface area contributed by atoms with Crippen LogP contribution in [0.1, 0.15) is 44.7 Å². The lowest BCUT2D eigenvalue weighted by molar-refractivity contribution is 0.145. The van der Waals surface area contributed by atoms with Crippen LogP contribution in [0.4, 0.5) is 0 Å². The fourth-order valence-electron chi connectivity index (χ4n) is 3.43. The Morgan fingerprint density at radius 3 is 2.85 bits per heavy atom. The van der Waals surface area contributed by atoms with Crippen LogP contribution >= 0.6 is 11.3 Å². The highest BCUT2D eigenvalue weighted by molar-refractivity contribution is 7.17. The molecule has 2 atom stereocenters. The number of likely N-dealkylation sites (tertiary alicyclic amines) is 1. The Labute approximate surface area is 125 Å². The van der Waals surface area contributed by atoms with E-state index in [1.807, 2.05) is 11.3 Å². The third-order valence-electron chi connectivity index (χ3n) is 4.46. The van der Waals surface area contributed by atoms with Gasteiger partial charge in [-0.25, -0.2) is 0 Å². The third kappa shape index (κ3) is 2.50. The van der Waals surface area contributed by atoms with E-state index in [0.29, 0.717) is 12.1 Å². The first-order chi connectivity index (χ1) is 9.68. The number of thiophene rings is 1. The zero-order valence-electron chi connectivity index (χ0n) is 12.4. The highest BCUT2D eigenvalue weighted by Gasteiger charge is 2.31. The molecule has 2 aromatic rings. The van der Waals surface area contributed by atoms with Gasteiger partial charge in [0.15, 0.2) is 0 Å². The molecule has 108 valence electrons. The van der Waals surface area contributed by atoms with Crippen molar-refractivity contribution in [3.05, 3.63) is 35.2 Å². The second kappa shape index (κ2) is 5.84. The van der Waals surface area contributed by atoms with Crippen molar-refractivity contribution in [2.75, 3.05) is 6.54 Å². The van der Waals surface area contributed by atoms with Gasteiger partial charge < -0.3 is 5.73 Å². The van der Waals surface area contributed by atoms with E-state index in [2.05, 4.69) is 48.4 Å². The van der Waals surface area contributed by atoms with Gasteiger partial charge >= 0.3 is 0 Å². The Morgan fingerprint density at radius 2 is 2.05 bits per heavy atom. The van der Waals surface area contributed by atoms with E-state index >= 15 is 0 Å². The summed E-state index contributed by atoms with van der Waals surface area (Å²) in [6, 6.07) is 9.88. The normalized spacial score (nSPS) is 25.2. The van der Waals surface area contributed by atoms with Crippen LogP contribution in [0.15, 0.2) is 29.6 Å². The summed E-state index contributed by atoms with van der Waals surface area (Å²) in [7, 11) is 0. The molecule has 1 fully saturated rings. The van der Waals surface area contributed by atoms with E-state index in [-0.39, 0.29) is 6.04 Å². The first kappa shape index (κ1) is 14.1. The molecule has 2 nitrogen and oxygen atoms in total. The highest BCUT2D eigenvalue weighted by Crippen LogP contribution is 2.37. The Morgan fingerprint density at radius 1 is 1.25 bits per heavy atom. The van der Waals surface area contributed by atoms with Crippen LogP contribution in [0.3, 0.4) is 0 Å². The van der Waals surface area contributed by atoms with Crippen LogP contribution in [0.2, 0.25) is 0 Å². The van der Waals surface area contributed by atoms with Crippen LogP contribution < -0.4 is 5.73 Å². The topological polar surface area (TPSA) is 29.3 Å². The maximum atomic E-state index is 6.55. The average molecular weight is 288 g/mol. The van der Waals surface area contributed by atoms with Crippen molar-refractivity contribution in [3.8, 4) is 0 Å². The second-order valence-corrected chi connectivity index (χ2v) is 7.03.